The molecule has 0 saturated heterocycles. The second-order valence-electron chi connectivity index (χ2n) is 4.59. The standard InChI is InChI=1S/C15H20N2O4/c1-11(15(19)17-8-7-13(18)10-20-2)21-14-5-3-12(9-16)4-6-14/h3-6,11,13,18H,7-8,10H2,1-2H3,(H,17,19). The average Bonchev–Trinajstić information content (AvgIpc) is 2.48. The molecule has 6 heteroatoms. The maximum Gasteiger partial charge on any atom is 0.260 e. The van der Waals surface area contributed by atoms with Crippen molar-refractivity contribution in [2.24, 2.45) is 0 Å². The zero-order valence-electron chi connectivity index (χ0n) is 12.2. The average molecular weight is 292 g/mol. The number of amides is 1. The van der Waals surface area contributed by atoms with Gasteiger partial charge < -0.3 is 19.9 Å². The van der Waals surface area contributed by atoms with Crippen LogP contribution < -0.4 is 10.1 Å². The fourth-order valence-electron chi connectivity index (χ4n) is 1.65. The highest BCUT2D eigenvalue weighted by molar-refractivity contribution is 5.80. The Bertz CT molecular complexity index is 481. The molecule has 1 aromatic rings. The number of ether oxygens (including phenoxy) is 2. The molecule has 0 heterocycles. The minimum atomic E-state index is -0.655. The molecule has 0 aliphatic rings. The van der Waals surface area contributed by atoms with Gasteiger partial charge in [0.1, 0.15) is 5.75 Å². The second-order valence-corrected chi connectivity index (χ2v) is 4.59. The van der Waals surface area contributed by atoms with Crippen molar-refractivity contribution >= 4 is 5.91 Å². The smallest absolute Gasteiger partial charge is 0.260 e. The molecule has 0 spiro atoms. The summed E-state index contributed by atoms with van der Waals surface area (Å²) in [5.74, 6) is 0.264. The van der Waals surface area contributed by atoms with Crippen molar-refractivity contribution < 1.29 is 19.4 Å². The molecule has 1 amide bonds. The lowest BCUT2D eigenvalue weighted by Gasteiger charge is -2.15. The Hall–Kier alpha value is -2.10. The molecule has 0 aromatic heterocycles. The van der Waals surface area contributed by atoms with Crippen LogP contribution in [0.2, 0.25) is 0 Å². The third kappa shape index (κ3) is 6.25. The number of rotatable bonds is 8. The summed E-state index contributed by atoms with van der Waals surface area (Å²) < 4.78 is 10.3. The molecule has 1 rings (SSSR count). The van der Waals surface area contributed by atoms with Gasteiger partial charge in [0.15, 0.2) is 6.10 Å². The van der Waals surface area contributed by atoms with Crippen LogP contribution in [-0.4, -0.2) is 43.5 Å². The SMILES string of the molecule is COCC(O)CCNC(=O)C(C)Oc1ccc(C#N)cc1. The summed E-state index contributed by atoms with van der Waals surface area (Å²) in [4.78, 5) is 11.8. The van der Waals surface area contributed by atoms with Crippen LogP contribution in [-0.2, 0) is 9.53 Å². The fourth-order valence-corrected chi connectivity index (χ4v) is 1.65. The van der Waals surface area contributed by atoms with Crippen LogP contribution in [0.1, 0.15) is 18.9 Å². The first kappa shape index (κ1) is 17.0. The van der Waals surface area contributed by atoms with Crippen molar-refractivity contribution in [2.45, 2.75) is 25.6 Å². The summed E-state index contributed by atoms with van der Waals surface area (Å²) in [6, 6.07) is 8.55. The molecule has 1 aromatic carbocycles. The second kappa shape index (κ2) is 8.95. The highest BCUT2D eigenvalue weighted by atomic mass is 16.5. The highest BCUT2D eigenvalue weighted by Crippen LogP contribution is 2.13. The van der Waals surface area contributed by atoms with E-state index in [-0.39, 0.29) is 12.5 Å². The third-order valence-corrected chi connectivity index (χ3v) is 2.80. The Morgan fingerprint density at radius 2 is 2.10 bits per heavy atom. The Morgan fingerprint density at radius 1 is 1.43 bits per heavy atom. The van der Waals surface area contributed by atoms with Crippen LogP contribution in [0, 0.1) is 11.3 Å². The maximum absolute atomic E-state index is 11.8. The first-order valence-electron chi connectivity index (χ1n) is 6.68. The molecule has 0 aliphatic carbocycles. The van der Waals surface area contributed by atoms with E-state index < -0.39 is 12.2 Å². The van der Waals surface area contributed by atoms with E-state index in [0.29, 0.717) is 24.3 Å². The number of nitrogens with zero attached hydrogens (tertiary/aromatic N) is 1. The van der Waals surface area contributed by atoms with E-state index in [1.165, 1.54) is 7.11 Å². The predicted octanol–water partition coefficient (Wildman–Crippen LogP) is 0.839. The number of nitriles is 1. The molecule has 0 saturated carbocycles. The van der Waals surface area contributed by atoms with Crippen molar-refractivity contribution in [3.8, 4) is 11.8 Å². The lowest BCUT2D eigenvalue weighted by molar-refractivity contribution is -0.127. The van der Waals surface area contributed by atoms with Gasteiger partial charge in [-0.25, -0.2) is 0 Å². The van der Waals surface area contributed by atoms with Crippen LogP contribution in [0.4, 0.5) is 0 Å². The minimum absolute atomic E-state index is 0.243. The van der Waals surface area contributed by atoms with Gasteiger partial charge in [-0.05, 0) is 37.6 Å². The number of aliphatic hydroxyl groups is 1. The van der Waals surface area contributed by atoms with E-state index in [9.17, 15) is 9.90 Å². The van der Waals surface area contributed by atoms with Gasteiger partial charge in [0.25, 0.3) is 5.91 Å². The van der Waals surface area contributed by atoms with Gasteiger partial charge in [-0.15, -0.1) is 0 Å². The molecule has 114 valence electrons. The van der Waals surface area contributed by atoms with Crippen LogP contribution in [0.3, 0.4) is 0 Å². The van der Waals surface area contributed by atoms with Crippen LogP contribution in [0.5, 0.6) is 5.75 Å². The van der Waals surface area contributed by atoms with E-state index in [1.54, 1.807) is 31.2 Å². The van der Waals surface area contributed by atoms with Crippen LogP contribution in [0.25, 0.3) is 0 Å². The van der Waals surface area contributed by atoms with Crippen molar-refractivity contribution in [3.63, 3.8) is 0 Å². The van der Waals surface area contributed by atoms with Gasteiger partial charge in [0.05, 0.1) is 24.3 Å². The number of benzene rings is 1. The first-order chi connectivity index (χ1) is 10.1. The van der Waals surface area contributed by atoms with E-state index >= 15 is 0 Å². The molecule has 6 nitrogen and oxygen atoms in total. The number of hydrogen-bond acceptors (Lipinski definition) is 5. The molecule has 0 bridgehead atoms. The van der Waals surface area contributed by atoms with Crippen molar-refractivity contribution in [3.05, 3.63) is 29.8 Å². The van der Waals surface area contributed by atoms with Crippen LogP contribution >= 0.6 is 0 Å². The molecule has 0 aliphatic heterocycles. The number of methoxy groups -OCH3 is 1. The number of nitrogens with one attached hydrogen (secondary N) is 1. The molecule has 0 fully saturated rings. The molecule has 2 atom stereocenters. The summed E-state index contributed by atoms with van der Waals surface area (Å²) in [6.45, 7) is 2.23. The fraction of sp³-hybridized carbons (Fsp3) is 0.467. The molecule has 21 heavy (non-hydrogen) atoms. The van der Waals surface area contributed by atoms with Gasteiger partial charge in [0, 0.05) is 13.7 Å². The number of aliphatic hydroxyl groups excluding tert-OH is 1. The third-order valence-electron chi connectivity index (χ3n) is 2.80. The molecule has 0 radical (unpaired) electrons. The van der Waals surface area contributed by atoms with Crippen molar-refractivity contribution in [1.29, 1.82) is 5.26 Å². The quantitative estimate of drug-likeness (QED) is 0.741. The monoisotopic (exact) mass is 292 g/mol. The lowest BCUT2D eigenvalue weighted by Crippen LogP contribution is -2.38. The van der Waals surface area contributed by atoms with E-state index in [2.05, 4.69) is 5.32 Å². The number of carbonyl (C=O) groups is 1. The van der Waals surface area contributed by atoms with Crippen molar-refractivity contribution in [1.82, 2.24) is 5.32 Å². The normalized spacial score (nSPS) is 13.0. The highest BCUT2D eigenvalue weighted by Gasteiger charge is 2.14. The molecule has 2 N–H and O–H groups in total. The minimum Gasteiger partial charge on any atom is -0.481 e. The largest absolute Gasteiger partial charge is 0.481 e. The van der Waals surface area contributed by atoms with Gasteiger partial charge in [-0.1, -0.05) is 0 Å². The molecule has 2 unspecified atom stereocenters. The van der Waals surface area contributed by atoms with E-state index in [1.807, 2.05) is 6.07 Å². The maximum atomic E-state index is 11.8. The van der Waals surface area contributed by atoms with E-state index in [4.69, 9.17) is 14.7 Å². The van der Waals surface area contributed by atoms with Gasteiger partial charge in [0.2, 0.25) is 0 Å². The zero-order chi connectivity index (χ0) is 15.7. The Kier molecular flexibility index (Phi) is 7.23. The van der Waals surface area contributed by atoms with Gasteiger partial charge in [-0.2, -0.15) is 5.26 Å². The summed E-state index contributed by atoms with van der Waals surface area (Å²) in [5, 5.41) is 20.8. The first-order valence-corrected chi connectivity index (χ1v) is 6.68. The zero-order valence-corrected chi connectivity index (χ0v) is 12.2. The molecular formula is C15H20N2O4. The molecular weight excluding hydrogens is 272 g/mol. The summed E-state index contributed by atoms with van der Waals surface area (Å²) in [5.41, 5.74) is 0.534. The van der Waals surface area contributed by atoms with Gasteiger partial charge >= 0.3 is 0 Å². The van der Waals surface area contributed by atoms with E-state index in [0.717, 1.165) is 0 Å². The number of carbonyl (C=O) groups excluding carboxylic acids is 1. The Balaban J connectivity index is 2.35. The summed E-state index contributed by atoms with van der Waals surface area (Å²) in [7, 11) is 1.51. The Labute approximate surface area is 124 Å². The van der Waals surface area contributed by atoms with Crippen LogP contribution in [0.15, 0.2) is 24.3 Å². The number of hydrogen-bond donors (Lipinski definition) is 2. The van der Waals surface area contributed by atoms with Crippen molar-refractivity contribution in [2.75, 3.05) is 20.3 Å². The topological polar surface area (TPSA) is 91.6 Å². The summed E-state index contributed by atoms with van der Waals surface area (Å²) in [6.07, 6.45) is -0.828. The predicted molar refractivity (Wildman–Crippen MR) is 76.8 cm³/mol. The lowest BCUT2D eigenvalue weighted by atomic mass is 10.2. The van der Waals surface area contributed by atoms with Gasteiger partial charge in [-0.3, -0.25) is 4.79 Å². The summed E-state index contributed by atoms with van der Waals surface area (Å²) >= 11 is 0. The Morgan fingerprint density at radius 3 is 2.67 bits per heavy atom.